The first-order valence-electron chi connectivity index (χ1n) is 9.94. The topological polar surface area (TPSA) is 136 Å². The van der Waals surface area contributed by atoms with E-state index in [-0.39, 0.29) is 18.0 Å². The van der Waals surface area contributed by atoms with Gasteiger partial charge in [0, 0.05) is 18.3 Å². The fourth-order valence-corrected chi connectivity index (χ4v) is 4.49. The molecule has 3 aromatic rings. The van der Waals surface area contributed by atoms with Crippen LogP contribution in [0.25, 0.3) is 0 Å². The predicted molar refractivity (Wildman–Crippen MR) is 123 cm³/mol. The summed E-state index contributed by atoms with van der Waals surface area (Å²) < 4.78 is 33.8. The van der Waals surface area contributed by atoms with Crippen molar-refractivity contribution in [2.75, 3.05) is 6.61 Å². The predicted octanol–water partition coefficient (Wildman–Crippen LogP) is 1.96. The molecule has 0 atom stereocenters. The quantitative estimate of drug-likeness (QED) is 0.195. The van der Waals surface area contributed by atoms with Gasteiger partial charge in [-0.2, -0.15) is 9.41 Å². The summed E-state index contributed by atoms with van der Waals surface area (Å²) in [6.07, 6.45) is 1.64. The number of aromatic nitrogens is 1. The first-order valence-corrected chi connectivity index (χ1v) is 11.4. The van der Waals surface area contributed by atoms with Crippen molar-refractivity contribution in [3.05, 3.63) is 89.7 Å². The number of amidine groups is 1. The van der Waals surface area contributed by atoms with Crippen molar-refractivity contribution in [1.82, 2.24) is 14.7 Å². The van der Waals surface area contributed by atoms with Gasteiger partial charge < -0.3 is 16.0 Å². The van der Waals surface area contributed by atoms with E-state index in [1.54, 1.807) is 66.9 Å². The number of nitrogens with two attached hydrogens (primary N) is 2. The molecule has 0 radical (unpaired) electrons. The Bertz CT molecular complexity index is 1130. The van der Waals surface area contributed by atoms with E-state index in [0.29, 0.717) is 29.4 Å². The molecule has 0 aliphatic heterocycles. The minimum Gasteiger partial charge on any atom is -0.494 e. The van der Waals surface area contributed by atoms with Crippen LogP contribution in [0.2, 0.25) is 0 Å². The number of nitrogens with zero attached hydrogens (tertiary/aromatic N) is 3. The number of pyridine rings is 1. The number of ether oxygens (including phenoxy) is 1. The van der Waals surface area contributed by atoms with Crippen LogP contribution in [0.4, 0.5) is 0 Å². The maximum atomic E-state index is 13.5. The average Bonchev–Trinajstić information content (AvgIpc) is 2.82. The van der Waals surface area contributed by atoms with E-state index < -0.39 is 10.0 Å². The molecular formula is C22H26N6O3S. The molecule has 32 heavy (non-hydrogen) atoms. The van der Waals surface area contributed by atoms with Crippen molar-refractivity contribution in [2.45, 2.75) is 24.9 Å². The molecule has 0 amide bonds. The van der Waals surface area contributed by atoms with E-state index in [1.165, 1.54) is 4.31 Å². The summed E-state index contributed by atoms with van der Waals surface area (Å²) in [5.74, 6) is 11.7. The molecule has 0 saturated carbocycles. The molecule has 1 aromatic heterocycles. The van der Waals surface area contributed by atoms with Gasteiger partial charge in [-0.1, -0.05) is 30.3 Å². The van der Waals surface area contributed by atoms with Crippen molar-refractivity contribution >= 4 is 15.9 Å². The average molecular weight is 455 g/mol. The monoisotopic (exact) mass is 454 g/mol. The number of nitrogens with one attached hydrogen (secondary N) is 1. The van der Waals surface area contributed by atoms with E-state index in [2.05, 4.69) is 15.5 Å². The number of hydrazine groups is 1. The molecule has 0 aliphatic rings. The lowest BCUT2D eigenvalue weighted by molar-refractivity contribution is 0.340. The summed E-state index contributed by atoms with van der Waals surface area (Å²) in [6.45, 7) is 2.65. The van der Waals surface area contributed by atoms with Gasteiger partial charge in [-0.15, -0.1) is 0 Å². The number of hydrogen-bond donors (Lipinski definition) is 3. The highest BCUT2D eigenvalue weighted by Crippen LogP contribution is 2.23. The van der Waals surface area contributed by atoms with Gasteiger partial charge in [-0.3, -0.25) is 4.98 Å². The van der Waals surface area contributed by atoms with Crippen LogP contribution in [-0.4, -0.2) is 30.1 Å². The molecule has 0 spiro atoms. The number of rotatable bonds is 9. The van der Waals surface area contributed by atoms with E-state index in [4.69, 9.17) is 16.4 Å². The third-order valence-electron chi connectivity index (χ3n) is 4.69. The molecule has 9 nitrogen and oxygen atoms in total. The minimum absolute atomic E-state index is 0.123. The molecule has 0 aliphatic carbocycles. The summed E-state index contributed by atoms with van der Waals surface area (Å²) in [5, 5.41) is 3.58. The molecule has 3 rings (SSSR count). The van der Waals surface area contributed by atoms with Crippen LogP contribution in [-0.2, 0) is 23.1 Å². The second-order valence-electron chi connectivity index (χ2n) is 6.82. The van der Waals surface area contributed by atoms with E-state index in [9.17, 15) is 8.42 Å². The Labute approximate surface area is 187 Å². The maximum absolute atomic E-state index is 13.5. The Morgan fingerprint density at radius 2 is 1.78 bits per heavy atom. The first-order chi connectivity index (χ1) is 15.5. The van der Waals surface area contributed by atoms with E-state index in [1.807, 2.05) is 13.0 Å². The van der Waals surface area contributed by atoms with Crippen molar-refractivity contribution in [3.63, 3.8) is 0 Å². The zero-order valence-corrected chi connectivity index (χ0v) is 18.5. The molecule has 10 heteroatoms. The lowest BCUT2D eigenvalue weighted by Gasteiger charge is -2.22. The third kappa shape index (κ3) is 5.61. The van der Waals surface area contributed by atoms with Gasteiger partial charge in [-0.05, 0) is 48.9 Å². The Morgan fingerprint density at radius 3 is 2.34 bits per heavy atom. The smallest absolute Gasteiger partial charge is 0.243 e. The van der Waals surface area contributed by atoms with Crippen LogP contribution in [0.3, 0.4) is 0 Å². The van der Waals surface area contributed by atoms with E-state index >= 15 is 0 Å². The molecule has 168 valence electrons. The van der Waals surface area contributed by atoms with Crippen LogP contribution < -0.4 is 21.8 Å². The van der Waals surface area contributed by atoms with Gasteiger partial charge in [0.15, 0.2) is 5.84 Å². The molecule has 0 unspecified atom stereocenters. The zero-order chi connectivity index (χ0) is 23.0. The molecule has 5 N–H and O–H groups in total. The fraction of sp³-hybridized carbons (Fsp3) is 0.182. The Morgan fingerprint density at radius 1 is 1.06 bits per heavy atom. The summed E-state index contributed by atoms with van der Waals surface area (Å²) in [7, 11) is -3.80. The number of sulfonamides is 1. The van der Waals surface area contributed by atoms with Crippen molar-refractivity contribution in [3.8, 4) is 5.75 Å². The number of benzene rings is 2. The Balaban J connectivity index is 1.91. The zero-order valence-electron chi connectivity index (χ0n) is 17.7. The third-order valence-corrected chi connectivity index (χ3v) is 6.50. The Hall–Kier alpha value is -3.47. The fourth-order valence-electron chi connectivity index (χ4n) is 3.09. The highest BCUT2D eigenvalue weighted by molar-refractivity contribution is 7.89. The van der Waals surface area contributed by atoms with Crippen molar-refractivity contribution in [2.24, 2.45) is 16.8 Å². The van der Waals surface area contributed by atoms with Crippen LogP contribution in [0.15, 0.2) is 82.9 Å². The maximum Gasteiger partial charge on any atom is 0.243 e. The summed E-state index contributed by atoms with van der Waals surface area (Å²) in [5.41, 5.74) is 4.53. The molecule has 0 bridgehead atoms. The lowest BCUT2D eigenvalue weighted by Crippen LogP contribution is -2.32. The van der Waals surface area contributed by atoms with Gasteiger partial charge in [0.1, 0.15) is 5.75 Å². The van der Waals surface area contributed by atoms with E-state index in [0.717, 1.165) is 5.56 Å². The van der Waals surface area contributed by atoms with Crippen molar-refractivity contribution < 1.29 is 13.2 Å². The molecule has 1 heterocycles. The number of hydrogen-bond acceptors (Lipinski definition) is 7. The largest absolute Gasteiger partial charge is 0.494 e. The van der Waals surface area contributed by atoms with Crippen molar-refractivity contribution in [1.29, 1.82) is 0 Å². The van der Waals surface area contributed by atoms with Crippen LogP contribution >= 0.6 is 0 Å². The highest BCUT2D eigenvalue weighted by atomic mass is 32.2. The van der Waals surface area contributed by atoms with Crippen LogP contribution in [0, 0.1) is 0 Å². The van der Waals surface area contributed by atoms with Crippen LogP contribution in [0.5, 0.6) is 5.75 Å². The summed E-state index contributed by atoms with van der Waals surface area (Å²) >= 11 is 0. The van der Waals surface area contributed by atoms with Gasteiger partial charge in [-0.25, -0.2) is 14.3 Å². The van der Waals surface area contributed by atoms with Gasteiger partial charge >= 0.3 is 0 Å². The first kappa shape index (κ1) is 23.2. The van der Waals surface area contributed by atoms with Gasteiger partial charge in [0.05, 0.1) is 23.7 Å². The SMILES string of the molecule is CCOc1ccc(S(=O)(=O)N(Cc2ccc(/C(=N/N)NN)cc2)Cc2ccccn2)cc1. The Kier molecular flexibility index (Phi) is 7.77. The van der Waals surface area contributed by atoms with Crippen LogP contribution in [0.1, 0.15) is 23.7 Å². The standard InChI is InChI=1S/C22H26N6O3S/c1-2-31-20-10-12-21(13-11-20)32(29,30)28(16-19-5-3-4-14-25-19)15-17-6-8-18(9-7-17)22(26-23)27-24/h3-14H,2,15-16,23-24H2,1H3,(H,26,27). The van der Waals surface area contributed by atoms with Gasteiger partial charge in [0.25, 0.3) is 0 Å². The second kappa shape index (κ2) is 10.7. The molecule has 0 saturated heterocycles. The highest BCUT2D eigenvalue weighted by Gasteiger charge is 2.25. The molecule has 2 aromatic carbocycles. The normalized spacial score (nSPS) is 12.0. The lowest BCUT2D eigenvalue weighted by atomic mass is 10.1. The van der Waals surface area contributed by atoms with Gasteiger partial charge in [0.2, 0.25) is 10.0 Å². The summed E-state index contributed by atoms with van der Waals surface area (Å²) in [6, 6.07) is 18.9. The molecular weight excluding hydrogens is 428 g/mol. The molecule has 0 fully saturated rings. The second-order valence-corrected chi connectivity index (χ2v) is 8.76. The number of hydrazone groups is 1. The minimum atomic E-state index is -3.80. The summed E-state index contributed by atoms with van der Waals surface area (Å²) in [4.78, 5) is 4.47.